The van der Waals surface area contributed by atoms with Gasteiger partial charge in [0.1, 0.15) is 0 Å². The molecule has 9 N–H and O–H groups in total. The number of furan rings is 6. The molecule has 0 amide bonds. The molecule has 0 aliphatic rings. The summed E-state index contributed by atoms with van der Waals surface area (Å²) < 4.78 is 47.4. The smallest absolute Gasteiger partial charge is 0.0634 e. The van der Waals surface area contributed by atoms with Gasteiger partial charge in [0.25, 0.3) is 0 Å². The third-order valence-corrected chi connectivity index (χ3v) is 19.2. The van der Waals surface area contributed by atoms with Crippen LogP contribution in [0.1, 0.15) is 51.3 Å². The third-order valence-electron chi connectivity index (χ3n) is 10.2. The van der Waals surface area contributed by atoms with Gasteiger partial charge < -0.3 is 0 Å². The minimum absolute atomic E-state index is 0. The third kappa shape index (κ3) is 26.2. The maximum Gasteiger partial charge on any atom is 0.0634 e. The second-order valence-corrected chi connectivity index (χ2v) is 33.6. The normalized spacial score (nSPS) is 12.0. The van der Waals surface area contributed by atoms with E-state index in [2.05, 4.69) is 36.7 Å². The van der Waals surface area contributed by atoms with Crippen LogP contribution in [0, 0.1) is 20.8 Å². The van der Waals surface area contributed by atoms with Crippen molar-refractivity contribution < 1.29 is 101 Å². The summed E-state index contributed by atoms with van der Waals surface area (Å²) in [6.07, 6.45) is 9.67. The second-order valence-electron chi connectivity index (χ2n) is 16.6. The van der Waals surface area contributed by atoms with Crippen LogP contribution >= 0.6 is 137 Å². The van der Waals surface area contributed by atoms with Crippen molar-refractivity contribution >= 4 is 137 Å². The minimum Gasteiger partial charge on any atom is -0.130 e. The molecule has 6 heterocycles. The molecule has 18 nitrogen and oxygen atoms in total. The molecule has 0 radical (unpaired) electrons. The van der Waals surface area contributed by atoms with E-state index in [4.69, 9.17) is 40.1 Å². The monoisotopic (exact) mass is 1430 g/mol. The predicted molar refractivity (Wildman–Crippen MR) is 344 cm³/mol. The first-order chi connectivity index (χ1) is 39.0. The number of aryl methyl sites for hydroxylation is 3. The molecule has 0 saturated carbocycles. The molecule has 3 aromatic carbocycles. The molecule has 0 aliphatic heterocycles. The molecule has 9 rings (SSSR count). The van der Waals surface area contributed by atoms with Gasteiger partial charge in [-0.05, 0) is 0 Å². The number of benzene rings is 3. The summed E-state index contributed by atoms with van der Waals surface area (Å²) in [6, 6.07) is 32.5. The van der Waals surface area contributed by atoms with Gasteiger partial charge in [0.05, 0.1) is 5.53 Å². The molecule has 0 atom stereocenters. The van der Waals surface area contributed by atoms with Gasteiger partial charge in [-0.15, -0.1) is 36.7 Å². The van der Waals surface area contributed by atoms with Crippen LogP contribution in [0.25, 0.3) is 0 Å². The molecule has 6 aromatic heterocycles. The van der Waals surface area contributed by atoms with Crippen molar-refractivity contribution in [1.82, 2.24) is 0 Å². The molecule has 0 aliphatic carbocycles. The Bertz CT molecular complexity index is 2890. The molecule has 0 fully saturated rings. The van der Waals surface area contributed by atoms with Crippen LogP contribution in [0.4, 0.5) is 0 Å². The van der Waals surface area contributed by atoms with E-state index in [1.165, 1.54) is 35.3 Å². The van der Waals surface area contributed by atoms with Crippen LogP contribution < -0.4 is 13.6 Å². The van der Waals surface area contributed by atoms with Crippen LogP contribution in [0.5, 0.6) is 17.2 Å². The molecule has 83 heavy (non-hydrogen) atoms. The quantitative estimate of drug-likeness (QED) is 0.0116. The summed E-state index contributed by atoms with van der Waals surface area (Å²) >= 11 is 20.3. The summed E-state index contributed by atoms with van der Waals surface area (Å²) in [5, 5.41) is 0. The molecule has 0 saturated heterocycles. The molecule has 456 valence electrons. The zero-order chi connectivity index (χ0) is 59.3. The topological polar surface area (TPSA) is 289 Å². The number of hydrogen-bond donors (Lipinski definition) is 12. The maximum absolute atomic E-state index is 9.37. The largest absolute Gasteiger partial charge is 0.130 e. The van der Waals surface area contributed by atoms with E-state index in [0.29, 0.717) is 49.2 Å². The van der Waals surface area contributed by atoms with E-state index >= 15 is 0 Å². The van der Waals surface area contributed by atoms with Crippen LogP contribution in [0.3, 0.4) is 0 Å². The van der Waals surface area contributed by atoms with Crippen LogP contribution in [0.2, 0.25) is 0 Å². The molecular formula is C51H60NiO18P4S9. The molecule has 9 aromatic rings. The van der Waals surface area contributed by atoms with E-state index in [0.717, 1.165) is 65.9 Å². The van der Waals surface area contributed by atoms with Crippen molar-refractivity contribution in [3.63, 3.8) is 0 Å². The molecule has 0 unspecified atom stereocenters. The van der Waals surface area contributed by atoms with Crippen LogP contribution in [0.15, 0.2) is 203 Å². The van der Waals surface area contributed by atoms with E-state index in [1.807, 2.05) is 112 Å². The van der Waals surface area contributed by atoms with Gasteiger partial charge in [-0.3, -0.25) is 0 Å². The zero-order valence-electron chi connectivity index (χ0n) is 43.9. The number of thioether (sulfide) groups is 6. The van der Waals surface area contributed by atoms with Gasteiger partial charge >= 0.3 is 479 Å². The van der Waals surface area contributed by atoms with Crippen molar-refractivity contribution in [3.05, 3.63) is 198 Å². The maximum atomic E-state index is 9.37. The fraction of sp³-hybridized carbons (Fsp3) is 0.176. The number of rotatable bonds is 24. The van der Waals surface area contributed by atoms with E-state index < -0.39 is 30.0 Å². The van der Waals surface area contributed by atoms with Crippen molar-refractivity contribution in [2.75, 3.05) is 0 Å². The molecule has 0 bridgehead atoms. The van der Waals surface area contributed by atoms with Crippen molar-refractivity contribution in [2.24, 2.45) is 0 Å². The minimum atomic E-state index is -4.71. The first-order valence-electron chi connectivity index (χ1n) is 23.8. The fourth-order valence-corrected chi connectivity index (χ4v) is 15.4. The molecular weight excluding hydrogens is 1370 g/mol. The summed E-state index contributed by atoms with van der Waals surface area (Å²) in [7, 11) is -14.1. The average Bonchev–Trinajstić information content (AvgIpc) is 4.41. The van der Waals surface area contributed by atoms with Crippen molar-refractivity contribution in [2.45, 2.75) is 84.7 Å². The fourth-order valence-electron chi connectivity index (χ4n) is 6.79. The van der Waals surface area contributed by atoms with Gasteiger partial charge in [-0.2, -0.15) is 0 Å². The Balaban J connectivity index is 0.000000219. The van der Waals surface area contributed by atoms with E-state index in [1.54, 1.807) is 91.1 Å². The predicted octanol–water partition coefficient (Wildman–Crippen LogP) is 15.6. The first-order valence-corrected chi connectivity index (χ1v) is 39.7. The Morgan fingerprint density at radius 1 is 0.337 bits per heavy atom. The van der Waals surface area contributed by atoms with E-state index in [-0.39, 0.29) is 33.7 Å². The first kappa shape index (κ1) is 71.5. The molecule has 0 spiro atoms. The Hall–Kier alpha value is -2.26. The summed E-state index contributed by atoms with van der Waals surface area (Å²) in [5.41, 5.74) is 2.50. The van der Waals surface area contributed by atoms with Crippen LogP contribution in [-0.4, -0.2) is 44.0 Å². The molecule has 32 heteroatoms. The number of thiol groups is 3. The summed E-state index contributed by atoms with van der Waals surface area (Å²) in [4.78, 5) is 89.2. The van der Waals surface area contributed by atoms with Gasteiger partial charge in [0.15, 0.2) is 0 Å². The zero-order valence-corrected chi connectivity index (χ0v) is 56.3. The Morgan fingerprint density at radius 2 is 0.518 bits per heavy atom. The van der Waals surface area contributed by atoms with Crippen molar-refractivity contribution in [3.8, 4) is 17.2 Å². The summed E-state index contributed by atoms with van der Waals surface area (Å²) in [5.74, 6) is 9.00. The Morgan fingerprint density at radius 3 is 0.675 bits per heavy atom. The average molecular weight is 1430 g/mol. The summed E-state index contributed by atoms with van der Waals surface area (Å²) in [6.45, 7) is 5.89. The Labute approximate surface area is 533 Å². The second kappa shape index (κ2) is 35.7. The van der Waals surface area contributed by atoms with Crippen molar-refractivity contribution in [1.29, 1.82) is 0 Å². The van der Waals surface area contributed by atoms with Gasteiger partial charge in [-0.25, -0.2) is 0 Å². The SMILES string of the molecule is Cc1ccc(O[PH](O)(O)O)c(SCc2ccco2)c1SCc1ccco1.Cc1ccc(O[PH](O)(O)O)c(SCc2ccco2)c1SCc1ccco1.Cc1ccc(O[PH](O)(O)O)c(SCc2ccco2)c1SCc1ccco1.SP(S)S.[Ni]. The van der Waals surface area contributed by atoms with Gasteiger partial charge in [0, 0.05) is 16.5 Å². The Kier molecular flexibility index (Phi) is 30.7. The standard InChI is InChI=1S/3C17H19O6PS2.Ni.H3PS3/c3*1-12-6-7-15(23-24(18,19)20)17(26-11-14-5-3-9-22-14)16(12)25-10-13-4-2-8-21-13;;2-1(3)4/h3*2-9,18-20,24H,10-11H2,1H3;;2-4H. The van der Waals surface area contributed by atoms with Crippen LogP contribution in [-0.2, 0) is 51.0 Å². The van der Waals surface area contributed by atoms with Gasteiger partial charge in [0.2, 0.25) is 0 Å². The number of hydrogen-bond acceptors (Lipinski definition) is 27. The van der Waals surface area contributed by atoms with E-state index in [9.17, 15) is 44.0 Å². The van der Waals surface area contributed by atoms with Gasteiger partial charge in [-0.1, -0.05) is 0 Å².